The quantitative estimate of drug-likeness (QED) is 0.716. The Morgan fingerprint density at radius 3 is 3.06 bits per heavy atom. The molecule has 0 fully saturated rings. The summed E-state index contributed by atoms with van der Waals surface area (Å²) in [6, 6.07) is 4.95. The molecular formula is C10H7ClN5O-. The van der Waals surface area contributed by atoms with E-state index < -0.39 is 0 Å². The van der Waals surface area contributed by atoms with Gasteiger partial charge in [0.2, 0.25) is 0 Å². The van der Waals surface area contributed by atoms with E-state index in [9.17, 15) is 5.21 Å². The van der Waals surface area contributed by atoms with Gasteiger partial charge < -0.3 is 14.8 Å². The predicted octanol–water partition coefficient (Wildman–Crippen LogP) is 1.39. The molecule has 17 heavy (non-hydrogen) atoms. The number of imidazole rings is 1. The Bertz CT molecular complexity index is 580. The van der Waals surface area contributed by atoms with E-state index in [0.717, 1.165) is 0 Å². The molecule has 6 nitrogen and oxygen atoms in total. The van der Waals surface area contributed by atoms with Gasteiger partial charge in [-0.15, -0.1) is 0 Å². The Labute approximate surface area is 102 Å². The van der Waals surface area contributed by atoms with E-state index in [4.69, 9.17) is 11.6 Å². The van der Waals surface area contributed by atoms with Crippen molar-refractivity contribution in [2.45, 2.75) is 0 Å². The fraction of sp³-hybridized carbons (Fsp3) is 0. The molecular weight excluding hydrogens is 242 g/mol. The average molecular weight is 249 g/mol. The number of hydrogen-bond donors (Lipinski definition) is 1. The maximum atomic E-state index is 11.8. The molecule has 1 atom stereocenters. The van der Waals surface area contributed by atoms with Crippen LogP contribution >= 0.6 is 11.6 Å². The smallest absolute Gasteiger partial charge is 0.158 e. The molecule has 0 spiro atoms. The third-order valence-electron chi connectivity index (χ3n) is 2.35. The Balaban J connectivity index is 2.09. The second-order valence-electron chi connectivity index (χ2n) is 3.46. The van der Waals surface area contributed by atoms with E-state index >= 15 is 0 Å². The van der Waals surface area contributed by atoms with Crippen LogP contribution in [0.25, 0.3) is 5.43 Å². The zero-order valence-electron chi connectivity index (χ0n) is 8.54. The summed E-state index contributed by atoms with van der Waals surface area (Å²) >= 11 is 5.82. The number of nitrogens with one attached hydrogen (secondary N) is 1. The van der Waals surface area contributed by atoms with Gasteiger partial charge in [0.25, 0.3) is 0 Å². The van der Waals surface area contributed by atoms with Crippen molar-refractivity contribution in [1.29, 1.82) is 0 Å². The number of nitrogens with zero attached hydrogens (tertiary/aromatic N) is 4. The Kier molecular flexibility index (Phi) is 2.32. The van der Waals surface area contributed by atoms with Crippen LogP contribution in [-0.2, 0) is 0 Å². The molecule has 0 saturated heterocycles. The lowest BCUT2D eigenvalue weighted by atomic mass is 10.2. The second-order valence-corrected chi connectivity index (χ2v) is 3.90. The van der Waals surface area contributed by atoms with Gasteiger partial charge in [-0.2, -0.15) is 5.43 Å². The molecule has 2 aromatic rings. The minimum atomic E-state index is -0.346. The molecule has 1 aromatic heterocycles. The highest BCUT2D eigenvalue weighted by atomic mass is 35.5. The number of fused-ring (bicyclic) bond motifs is 1. The first-order chi connectivity index (χ1) is 8.24. The van der Waals surface area contributed by atoms with Crippen molar-refractivity contribution < 1.29 is 5.17 Å². The van der Waals surface area contributed by atoms with Crippen molar-refractivity contribution in [1.82, 2.24) is 9.55 Å². The molecule has 0 aliphatic carbocycles. The van der Waals surface area contributed by atoms with Gasteiger partial charge in [-0.25, -0.2) is 0 Å². The summed E-state index contributed by atoms with van der Waals surface area (Å²) in [5.41, 5.74) is 4.87. The van der Waals surface area contributed by atoms with Crippen LogP contribution in [0.15, 0.2) is 41.9 Å². The highest BCUT2D eigenvalue weighted by Crippen LogP contribution is 2.28. The first kappa shape index (κ1) is 10.3. The van der Waals surface area contributed by atoms with Crippen molar-refractivity contribution in [3.8, 4) is 0 Å². The predicted molar refractivity (Wildman–Crippen MR) is 63.5 cm³/mol. The molecule has 1 N–H and O–H groups in total. The van der Waals surface area contributed by atoms with Gasteiger partial charge >= 0.3 is 0 Å². The molecule has 0 saturated carbocycles. The van der Waals surface area contributed by atoms with Crippen LogP contribution < -0.4 is 5.17 Å². The molecule has 1 aromatic carbocycles. The lowest BCUT2D eigenvalue weighted by molar-refractivity contribution is -0.726. The van der Waals surface area contributed by atoms with Gasteiger partial charge in [0.05, 0.1) is 11.6 Å². The fourth-order valence-corrected chi connectivity index (χ4v) is 1.73. The van der Waals surface area contributed by atoms with Crippen molar-refractivity contribution in [3.05, 3.63) is 52.6 Å². The fourth-order valence-electron chi connectivity index (χ4n) is 1.55. The minimum absolute atomic E-state index is 0.308. The summed E-state index contributed by atoms with van der Waals surface area (Å²) < 4.78 is 1.58. The monoisotopic (exact) mass is 248 g/mol. The van der Waals surface area contributed by atoms with Crippen LogP contribution in [0, 0.1) is 5.21 Å². The highest BCUT2D eigenvalue weighted by Gasteiger charge is 2.13. The number of halogens is 1. The lowest BCUT2D eigenvalue weighted by Crippen LogP contribution is -2.98. The molecule has 7 heteroatoms. The van der Waals surface area contributed by atoms with Crippen LogP contribution in [0.3, 0.4) is 0 Å². The molecule has 86 valence electrons. The molecule has 0 radical (unpaired) electrons. The molecule has 0 bridgehead atoms. The lowest BCUT2D eigenvalue weighted by Gasteiger charge is -2.33. The van der Waals surface area contributed by atoms with Crippen LogP contribution in [0.2, 0.25) is 5.02 Å². The number of hydrogen-bond acceptors (Lipinski definition) is 3. The van der Waals surface area contributed by atoms with Gasteiger partial charge in [-0.05, 0) is 18.3 Å². The average Bonchev–Trinajstić information content (AvgIpc) is 2.83. The van der Waals surface area contributed by atoms with Gasteiger partial charge in [-0.3, -0.25) is 10.2 Å². The molecule has 2 heterocycles. The van der Waals surface area contributed by atoms with E-state index in [-0.39, 0.29) is 5.17 Å². The van der Waals surface area contributed by atoms with Crippen LogP contribution in [0.4, 0.5) is 11.4 Å². The van der Waals surface area contributed by atoms with Crippen molar-refractivity contribution in [3.63, 3.8) is 0 Å². The topological polar surface area (TPSA) is 71.8 Å². The normalized spacial score (nSPS) is 18.2. The van der Waals surface area contributed by atoms with Crippen molar-refractivity contribution in [2.75, 3.05) is 0 Å². The largest absolute Gasteiger partial charge is 0.612 e. The van der Waals surface area contributed by atoms with E-state index in [1.807, 2.05) is 0 Å². The van der Waals surface area contributed by atoms with Gasteiger partial charge in [0.1, 0.15) is 0 Å². The Morgan fingerprint density at radius 1 is 1.41 bits per heavy atom. The molecule has 1 aliphatic rings. The molecule has 1 unspecified atom stereocenters. The summed E-state index contributed by atoms with van der Waals surface area (Å²) in [6.45, 7) is 0. The summed E-state index contributed by atoms with van der Waals surface area (Å²) in [4.78, 5) is 8.16. The summed E-state index contributed by atoms with van der Waals surface area (Å²) in [6.07, 6.45) is 4.81. The third kappa shape index (κ3) is 1.78. The Hall–Kier alpha value is -1.89. The number of aliphatic imine (C=N–C) groups is 1. The minimum Gasteiger partial charge on any atom is -0.612 e. The standard InChI is InChI=1S/C10H7ClN5O/c11-7-1-2-8-9(5-7)16(17)14-10(13-8)15-4-3-12-6-15/h1-6,16H/q-1. The van der Waals surface area contributed by atoms with E-state index in [1.54, 1.807) is 35.2 Å². The molecule has 3 rings (SSSR count). The first-order valence-corrected chi connectivity index (χ1v) is 5.24. The van der Waals surface area contributed by atoms with E-state index in [2.05, 4.69) is 15.4 Å². The third-order valence-corrected chi connectivity index (χ3v) is 2.58. The van der Waals surface area contributed by atoms with Gasteiger partial charge in [-0.1, -0.05) is 11.6 Å². The second kappa shape index (κ2) is 3.85. The maximum Gasteiger partial charge on any atom is 0.158 e. The van der Waals surface area contributed by atoms with Crippen LogP contribution in [0.1, 0.15) is 0 Å². The number of aromatic nitrogens is 2. The zero-order valence-corrected chi connectivity index (χ0v) is 9.30. The number of benzene rings is 1. The summed E-state index contributed by atoms with van der Waals surface area (Å²) in [5.74, 6) is 0.308. The van der Waals surface area contributed by atoms with Crippen molar-refractivity contribution >= 4 is 28.9 Å². The van der Waals surface area contributed by atoms with Crippen molar-refractivity contribution in [2.24, 2.45) is 4.99 Å². The van der Waals surface area contributed by atoms with Crippen LogP contribution in [0.5, 0.6) is 0 Å². The molecule has 0 amide bonds. The summed E-state index contributed by atoms with van der Waals surface area (Å²) in [7, 11) is 0. The van der Waals surface area contributed by atoms with Crippen LogP contribution in [-0.4, -0.2) is 15.5 Å². The summed E-state index contributed by atoms with van der Waals surface area (Å²) in [5, 5.41) is 12.0. The first-order valence-electron chi connectivity index (χ1n) is 4.87. The van der Waals surface area contributed by atoms with Gasteiger partial charge in [0.15, 0.2) is 5.69 Å². The molecule has 1 aliphatic heterocycles. The number of quaternary nitrogens is 1. The maximum absolute atomic E-state index is 11.8. The van der Waals surface area contributed by atoms with E-state index in [0.29, 0.717) is 22.4 Å². The highest BCUT2D eigenvalue weighted by molar-refractivity contribution is 6.31. The van der Waals surface area contributed by atoms with E-state index in [1.165, 1.54) is 6.33 Å². The zero-order chi connectivity index (χ0) is 11.8. The number of rotatable bonds is 0. The SMILES string of the molecule is [O-][NH+]1[N-]C(n2ccnc2)=Nc2ccc(Cl)cc21. The van der Waals surface area contributed by atoms with Gasteiger partial charge in [0, 0.05) is 23.6 Å². The Morgan fingerprint density at radius 2 is 2.29 bits per heavy atom.